The highest BCUT2D eigenvalue weighted by molar-refractivity contribution is 5.76. The summed E-state index contributed by atoms with van der Waals surface area (Å²) in [4.78, 5) is 21.3. The average Bonchev–Trinajstić information content (AvgIpc) is 2.33. The number of carbonyl (C=O) groups excluding carboxylic acids is 1. The molecule has 1 fully saturated rings. The van der Waals surface area contributed by atoms with Crippen LogP contribution in [0, 0.1) is 5.92 Å². The predicted molar refractivity (Wildman–Crippen MR) is 42.6 cm³/mol. The van der Waals surface area contributed by atoms with Gasteiger partial charge in [-0.1, -0.05) is 6.42 Å². The summed E-state index contributed by atoms with van der Waals surface area (Å²) >= 11 is 0. The Balaban J connectivity index is 2.52. The number of carbonyl (C=O) groups is 2. The van der Waals surface area contributed by atoms with E-state index in [4.69, 9.17) is 5.11 Å². The molecule has 0 saturated heterocycles. The molecule has 1 aliphatic carbocycles. The number of amides is 1. The molecule has 0 heterocycles. The molecule has 0 unspecified atom stereocenters. The molecule has 2 atom stereocenters. The predicted octanol–water partition coefficient (Wildman–Crippen LogP) is 0.376. The minimum atomic E-state index is -0.800. The third kappa shape index (κ3) is 1.96. The third-order valence-corrected chi connectivity index (χ3v) is 2.22. The van der Waals surface area contributed by atoms with Crippen LogP contribution in [0.5, 0.6) is 0 Å². The maximum atomic E-state index is 10.7. The molecule has 0 bridgehead atoms. The Morgan fingerprint density at radius 3 is 2.58 bits per heavy atom. The van der Waals surface area contributed by atoms with Gasteiger partial charge < -0.3 is 10.4 Å². The van der Waals surface area contributed by atoms with Gasteiger partial charge in [-0.15, -0.1) is 0 Å². The van der Waals surface area contributed by atoms with Crippen LogP contribution in [0.1, 0.15) is 26.2 Å². The Labute approximate surface area is 71.0 Å². The van der Waals surface area contributed by atoms with Gasteiger partial charge >= 0.3 is 5.97 Å². The third-order valence-electron chi connectivity index (χ3n) is 2.22. The lowest BCUT2D eigenvalue weighted by atomic mass is 10.0. The molecule has 1 rings (SSSR count). The molecule has 0 aromatic carbocycles. The van der Waals surface area contributed by atoms with E-state index in [1.807, 2.05) is 0 Å². The molecule has 0 aromatic rings. The fourth-order valence-electron chi connectivity index (χ4n) is 1.69. The number of hydrogen-bond donors (Lipinski definition) is 2. The average molecular weight is 171 g/mol. The van der Waals surface area contributed by atoms with E-state index in [1.165, 1.54) is 6.92 Å². The quantitative estimate of drug-likeness (QED) is 0.631. The van der Waals surface area contributed by atoms with Crippen molar-refractivity contribution in [2.45, 2.75) is 32.2 Å². The monoisotopic (exact) mass is 171 g/mol. The van der Waals surface area contributed by atoms with Gasteiger partial charge in [0, 0.05) is 13.0 Å². The number of aliphatic carboxylic acids is 1. The molecule has 2 N–H and O–H groups in total. The van der Waals surface area contributed by atoms with E-state index >= 15 is 0 Å². The Kier molecular flexibility index (Phi) is 2.68. The van der Waals surface area contributed by atoms with Crippen LogP contribution >= 0.6 is 0 Å². The highest BCUT2D eigenvalue weighted by Crippen LogP contribution is 2.25. The second kappa shape index (κ2) is 3.56. The van der Waals surface area contributed by atoms with Gasteiger partial charge in [0.1, 0.15) is 0 Å². The summed E-state index contributed by atoms with van der Waals surface area (Å²) in [6.45, 7) is 1.41. The van der Waals surface area contributed by atoms with Gasteiger partial charge in [0.15, 0.2) is 0 Å². The molecule has 0 aromatic heterocycles. The van der Waals surface area contributed by atoms with Gasteiger partial charge in [-0.3, -0.25) is 9.59 Å². The fourth-order valence-corrected chi connectivity index (χ4v) is 1.69. The lowest BCUT2D eigenvalue weighted by Gasteiger charge is -2.15. The Morgan fingerprint density at radius 2 is 2.08 bits per heavy atom. The number of carboxylic acids is 1. The van der Waals surface area contributed by atoms with Crippen molar-refractivity contribution in [2.75, 3.05) is 0 Å². The van der Waals surface area contributed by atoms with Crippen molar-refractivity contribution in [3.63, 3.8) is 0 Å². The summed E-state index contributed by atoms with van der Waals surface area (Å²) in [5.41, 5.74) is 0. The van der Waals surface area contributed by atoms with Crippen LogP contribution < -0.4 is 5.32 Å². The molecular formula is C8H13NO3. The van der Waals surface area contributed by atoms with Gasteiger partial charge in [0.05, 0.1) is 5.92 Å². The van der Waals surface area contributed by atoms with Crippen molar-refractivity contribution in [3.8, 4) is 0 Å². The second-order valence-electron chi connectivity index (χ2n) is 3.18. The van der Waals surface area contributed by atoms with E-state index in [2.05, 4.69) is 5.32 Å². The van der Waals surface area contributed by atoms with Crippen molar-refractivity contribution in [3.05, 3.63) is 0 Å². The first-order valence-electron chi connectivity index (χ1n) is 4.11. The molecule has 4 nitrogen and oxygen atoms in total. The number of hydrogen-bond acceptors (Lipinski definition) is 2. The molecule has 4 heteroatoms. The first kappa shape index (κ1) is 9.03. The summed E-state index contributed by atoms with van der Waals surface area (Å²) < 4.78 is 0. The van der Waals surface area contributed by atoms with Gasteiger partial charge in [-0.05, 0) is 12.8 Å². The van der Waals surface area contributed by atoms with Gasteiger partial charge in [-0.2, -0.15) is 0 Å². The summed E-state index contributed by atoms with van der Waals surface area (Å²) in [6.07, 6.45) is 2.36. The molecule has 1 aliphatic rings. The highest BCUT2D eigenvalue weighted by Gasteiger charge is 2.33. The van der Waals surface area contributed by atoms with Crippen molar-refractivity contribution in [2.24, 2.45) is 5.92 Å². The Morgan fingerprint density at radius 1 is 1.42 bits per heavy atom. The molecule has 0 radical (unpaired) electrons. The Hall–Kier alpha value is -1.06. The largest absolute Gasteiger partial charge is 0.481 e. The smallest absolute Gasteiger partial charge is 0.308 e. The summed E-state index contributed by atoms with van der Waals surface area (Å²) in [5, 5.41) is 11.4. The molecular weight excluding hydrogens is 158 g/mol. The molecule has 1 amide bonds. The maximum Gasteiger partial charge on any atom is 0.308 e. The van der Waals surface area contributed by atoms with Crippen LogP contribution in [-0.2, 0) is 9.59 Å². The van der Waals surface area contributed by atoms with E-state index in [9.17, 15) is 9.59 Å². The zero-order valence-corrected chi connectivity index (χ0v) is 7.04. The standard InChI is InChI=1S/C8H13NO3/c1-5(10)9-7-4-2-3-6(7)8(11)12/h6-7H,2-4H2,1H3,(H,9,10)(H,11,12)/t6-,7-/m1/s1. The van der Waals surface area contributed by atoms with Gasteiger partial charge in [-0.25, -0.2) is 0 Å². The van der Waals surface area contributed by atoms with Crippen molar-refractivity contribution in [1.29, 1.82) is 0 Å². The van der Waals surface area contributed by atoms with E-state index in [-0.39, 0.29) is 17.9 Å². The Bertz CT molecular complexity index is 202. The number of rotatable bonds is 2. The summed E-state index contributed by atoms with van der Waals surface area (Å²) in [6, 6.07) is -0.153. The molecule has 1 saturated carbocycles. The normalized spacial score (nSPS) is 28.4. The van der Waals surface area contributed by atoms with E-state index < -0.39 is 5.97 Å². The number of nitrogens with one attached hydrogen (secondary N) is 1. The fraction of sp³-hybridized carbons (Fsp3) is 0.750. The zero-order valence-electron chi connectivity index (χ0n) is 7.04. The van der Waals surface area contributed by atoms with Crippen LogP contribution in [0.4, 0.5) is 0 Å². The lowest BCUT2D eigenvalue weighted by Crippen LogP contribution is -2.38. The topological polar surface area (TPSA) is 66.4 Å². The van der Waals surface area contributed by atoms with Crippen molar-refractivity contribution >= 4 is 11.9 Å². The summed E-state index contributed by atoms with van der Waals surface area (Å²) in [7, 11) is 0. The lowest BCUT2D eigenvalue weighted by molar-refractivity contribution is -0.142. The first-order chi connectivity index (χ1) is 5.61. The van der Waals surface area contributed by atoms with Crippen LogP contribution in [0.15, 0.2) is 0 Å². The molecule has 68 valence electrons. The first-order valence-corrected chi connectivity index (χ1v) is 4.11. The molecule has 0 aliphatic heterocycles. The van der Waals surface area contributed by atoms with Gasteiger partial charge in [0.25, 0.3) is 0 Å². The van der Waals surface area contributed by atoms with Crippen LogP contribution in [0.25, 0.3) is 0 Å². The SMILES string of the molecule is CC(=O)N[C@@H]1CCC[C@H]1C(=O)O. The van der Waals surface area contributed by atoms with E-state index in [0.29, 0.717) is 6.42 Å². The van der Waals surface area contributed by atoms with Crippen LogP contribution in [0.2, 0.25) is 0 Å². The number of carboxylic acid groups (broad SMARTS) is 1. The van der Waals surface area contributed by atoms with Crippen LogP contribution in [0.3, 0.4) is 0 Å². The second-order valence-corrected chi connectivity index (χ2v) is 3.18. The van der Waals surface area contributed by atoms with Crippen LogP contribution in [-0.4, -0.2) is 23.0 Å². The van der Waals surface area contributed by atoms with E-state index in [1.54, 1.807) is 0 Å². The minimum absolute atomic E-state index is 0.145. The highest BCUT2D eigenvalue weighted by atomic mass is 16.4. The van der Waals surface area contributed by atoms with Crippen molar-refractivity contribution in [1.82, 2.24) is 5.32 Å². The maximum absolute atomic E-state index is 10.7. The molecule has 12 heavy (non-hydrogen) atoms. The molecule has 0 spiro atoms. The minimum Gasteiger partial charge on any atom is -0.481 e. The zero-order chi connectivity index (χ0) is 9.14. The summed E-state index contributed by atoms with van der Waals surface area (Å²) in [5.74, 6) is -1.33. The van der Waals surface area contributed by atoms with Crippen molar-refractivity contribution < 1.29 is 14.7 Å². The van der Waals surface area contributed by atoms with E-state index in [0.717, 1.165) is 12.8 Å². The van der Waals surface area contributed by atoms with Gasteiger partial charge in [0.2, 0.25) is 5.91 Å².